The third kappa shape index (κ3) is 2.56. The highest BCUT2D eigenvalue weighted by Gasteiger charge is 2.12. The first kappa shape index (κ1) is 12.3. The number of aryl methyl sites for hydroxylation is 4. The molecule has 0 amide bonds. The Bertz CT molecular complexity index is 575. The van der Waals surface area contributed by atoms with Crippen molar-refractivity contribution in [3.63, 3.8) is 0 Å². The predicted octanol–water partition coefficient (Wildman–Crippen LogP) is 2.65. The van der Waals surface area contributed by atoms with Crippen LogP contribution in [0.4, 0.5) is 5.69 Å². The zero-order valence-electron chi connectivity index (χ0n) is 10.5. The van der Waals surface area contributed by atoms with E-state index in [1.807, 2.05) is 30.7 Å². The number of nitro benzene ring substituents is 1. The second kappa shape index (κ2) is 5.00. The molecule has 0 aliphatic heterocycles. The van der Waals surface area contributed by atoms with Crippen molar-refractivity contribution in [2.75, 3.05) is 0 Å². The number of aromatic nitrogens is 2. The van der Waals surface area contributed by atoms with Crippen LogP contribution in [0.25, 0.3) is 0 Å². The zero-order valence-corrected chi connectivity index (χ0v) is 10.5. The van der Waals surface area contributed by atoms with Gasteiger partial charge in [0.1, 0.15) is 0 Å². The van der Waals surface area contributed by atoms with Gasteiger partial charge in [0.05, 0.1) is 10.6 Å². The second-order valence-electron chi connectivity index (χ2n) is 4.29. The lowest BCUT2D eigenvalue weighted by Crippen LogP contribution is -2.06. The molecule has 0 atom stereocenters. The van der Waals surface area contributed by atoms with Gasteiger partial charge >= 0.3 is 0 Å². The van der Waals surface area contributed by atoms with Gasteiger partial charge in [-0.15, -0.1) is 0 Å². The molecule has 0 spiro atoms. The molecule has 0 radical (unpaired) electrons. The SMILES string of the molecule is Cc1cc(C)n(CCc2ccccc2[N+](=O)[O-])n1. The van der Waals surface area contributed by atoms with E-state index in [4.69, 9.17) is 0 Å². The summed E-state index contributed by atoms with van der Waals surface area (Å²) in [4.78, 5) is 10.6. The Balaban J connectivity index is 2.15. The highest BCUT2D eigenvalue weighted by Crippen LogP contribution is 2.18. The van der Waals surface area contributed by atoms with Crippen molar-refractivity contribution < 1.29 is 4.92 Å². The Labute approximate surface area is 105 Å². The first-order chi connectivity index (χ1) is 8.58. The van der Waals surface area contributed by atoms with Crippen LogP contribution in [0, 0.1) is 24.0 Å². The third-order valence-electron chi connectivity index (χ3n) is 2.88. The Morgan fingerprint density at radius 1 is 1.33 bits per heavy atom. The number of nitrogens with zero attached hydrogens (tertiary/aromatic N) is 3. The number of hydrogen-bond donors (Lipinski definition) is 0. The quantitative estimate of drug-likeness (QED) is 0.614. The van der Waals surface area contributed by atoms with E-state index in [1.54, 1.807) is 12.1 Å². The van der Waals surface area contributed by atoms with Gasteiger partial charge in [-0.25, -0.2) is 0 Å². The summed E-state index contributed by atoms with van der Waals surface area (Å²) in [6.45, 7) is 4.58. The summed E-state index contributed by atoms with van der Waals surface area (Å²) in [7, 11) is 0. The van der Waals surface area contributed by atoms with E-state index in [9.17, 15) is 10.1 Å². The summed E-state index contributed by atoms with van der Waals surface area (Å²) in [6.07, 6.45) is 0.610. The van der Waals surface area contributed by atoms with Gasteiger partial charge in [0.15, 0.2) is 0 Å². The maximum absolute atomic E-state index is 10.9. The number of para-hydroxylation sites is 1. The van der Waals surface area contributed by atoms with E-state index >= 15 is 0 Å². The third-order valence-corrected chi connectivity index (χ3v) is 2.88. The Morgan fingerprint density at radius 3 is 2.67 bits per heavy atom. The van der Waals surface area contributed by atoms with Crippen molar-refractivity contribution in [1.29, 1.82) is 0 Å². The molecule has 2 rings (SSSR count). The summed E-state index contributed by atoms with van der Waals surface area (Å²) >= 11 is 0. The van der Waals surface area contributed by atoms with E-state index in [1.165, 1.54) is 6.07 Å². The summed E-state index contributed by atoms with van der Waals surface area (Å²) in [5.74, 6) is 0. The van der Waals surface area contributed by atoms with Crippen LogP contribution in [0.3, 0.4) is 0 Å². The summed E-state index contributed by atoms with van der Waals surface area (Å²) < 4.78 is 1.88. The molecule has 1 aromatic heterocycles. The van der Waals surface area contributed by atoms with Crippen molar-refractivity contribution in [2.45, 2.75) is 26.8 Å². The van der Waals surface area contributed by atoms with Crippen molar-refractivity contribution in [3.05, 3.63) is 57.4 Å². The minimum Gasteiger partial charge on any atom is -0.269 e. The molecule has 1 aromatic carbocycles. The molecule has 0 aliphatic carbocycles. The Morgan fingerprint density at radius 2 is 2.06 bits per heavy atom. The molecule has 0 bridgehead atoms. The van der Waals surface area contributed by atoms with E-state index in [0.717, 1.165) is 17.0 Å². The highest BCUT2D eigenvalue weighted by atomic mass is 16.6. The topological polar surface area (TPSA) is 61.0 Å². The second-order valence-corrected chi connectivity index (χ2v) is 4.29. The fourth-order valence-electron chi connectivity index (χ4n) is 2.03. The molecule has 1 heterocycles. The van der Waals surface area contributed by atoms with Gasteiger partial charge in [-0.1, -0.05) is 18.2 Å². The largest absolute Gasteiger partial charge is 0.272 e. The van der Waals surface area contributed by atoms with E-state index in [2.05, 4.69) is 5.10 Å². The molecular weight excluding hydrogens is 230 g/mol. The van der Waals surface area contributed by atoms with Gasteiger partial charge in [-0.05, 0) is 26.3 Å². The van der Waals surface area contributed by atoms with Gasteiger partial charge < -0.3 is 0 Å². The van der Waals surface area contributed by atoms with Gasteiger partial charge in [-0.2, -0.15) is 5.10 Å². The summed E-state index contributed by atoms with van der Waals surface area (Å²) in [5, 5.41) is 15.2. The van der Waals surface area contributed by atoms with Gasteiger partial charge in [0.25, 0.3) is 5.69 Å². The molecule has 0 saturated carbocycles. The van der Waals surface area contributed by atoms with Crippen LogP contribution in [0.2, 0.25) is 0 Å². The standard InChI is InChI=1S/C13H15N3O2/c1-10-9-11(2)15(14-10)8-7-12-5-3-4-6-13(12)16(17)18/h3-6,9H,7-8H2,1-2H3. The normalized spacial score (nSPS) is 10.6. The lowest BCUT2D eigenvalue weighted by molar-refractivity contribution is -0.385. The first-order valence-corrected chi connectivity index (χ1v) is 5.81. The van der Waals surface area contributed by atoms with Crippen molar-refractivity contribution in [2.24, 2.45) is 0 Å². The van der Waals surface area contributed by atoms with Crippen LogP contribution in [0.15, 0.2) is 30.3 Å². The van der Waals surface area contributed by atoms with Crippen LogP contribution in [0.1, 0.15) is 17.0 Å². The molecule has 0 aliphatic rings. The summed E-state index contributed by atoms with van der Waals surface area (Å²) in [5.41, 5.74) is 2.97. The van der Waals surface area contributed by atoms with Gasteiger partial charge in [0, 0.05) is 23.9 Å². The molecule has 0 fully saturated rings. The molecule has 0 saturated heterocycles. The van der Waals surface area contributed by atoms with E-state index < -0.39 is 0 Å². The van der Waals surface area contributed by atoms with Crippen molar-refractivity contribution in [3.8, 4) is 0 Å². The molecular formula is C13H15N3O2. The lowest BCUT2D eigenvalue weighted by atomic mass is 10.1. The average Bonchev–Trinajstić information content (AvgIpc) is 2.65. The predicted molar refractivity (Wildman–Crippen MR) is 68.5 cm³/mol. The monoisotopic (exact) mass is 245 g/mol. The molecule has 18 heavy (non-hydrogen) atoms. The van der Waals surface area contributed by atoms with Crippen LogP contribution >= 0.6 is 0 Å². The molecule has 94 valence electrons. The molecule has 0 unspecified atom stereocenters. The Kier molecular flexibility index (Phi) is 3.41. The van der Waals surface area contributed by atoms with E-state index in [-0.39, 0.29) is 10.6 Å². The van der Waals surface area contributed by atoms with Crippen LogP contribution < -0.4 is 0 Å². The van der Waals surface area contributed by atoms with Crippen LogP contribution in [-0.4, -0.2) is 14.7 Å². The molecule has 5 nitrogen and oxygen atoms in total. The minimum atomic E-state index is -0.337. The summed E-state index contributed by atoms with van der Waals surface area (Å²) in [6, 6.07) is 8.84. The molecule has 5 heteroatoms. The van der Waals surface area contributed by atoms with Crippen LogP contribution in [0.5, 0.6) is 0 Å². The first-order valence-electron chi connectivity index (χ1n) is 5.81. The maximum atomic E-state index is 10.9. The fraction of sp³-hybridized carbons (Fsp3) is 0.308. The minimum absolute atomic E-state index is 0.180. The Hall–Kier alpha value is -2.17. The van der Waals surface area contributed by atoms with Gasteiger partial charge in [-0.3, -0.25) is 14.8 Å². The van der Waals surface area contributed by atoms with Crippen molar-refractivity contribution >= 4 is 5.69 Å². The number of rotatable bonds is 4. The average molecular weight is 245 g/mol. The smallest absolute Gasteiger partial charge is 0.269 e. The number of hydrogen-bond acceptors (Lipinski definition) is 3. The molecule has 2 aromatic rings. The van der Waals surface area contributed by atoms with Crippen LogP contribution in [-0.2, 0) is 13.0 Å². The highest BCUT2D eigenvalue weighted by molar-refractivity contribution is 5.39. The number of benzene rings is 1. The zero-order chi connectivity index (χ0) is 13.1. The van der Waals surface area contributed by atoms with E-state index in [0.29, 0.717) is 13.0 Å². The lowest BCUT2D eigenvalue weighted by Gasteiger charge is -2.05. The van der Waals surface area contributed by atoms with Gasteiger partial charge in [0.2, 0.25) is 0 Å². The fourth-order valence-corrected chi connectivity index (χ4v) is 2.03. The van der Waals surface area contributed by atoms with Crippen molar-refractivity contribution in [1.82, 2.24) is 9.78 Å². The maximum Gasteiger partial charge on any atom is 0.272 e. The molecule has 0 N–H and O–H groups in total. The number of nitro groups is 1.